The molecule has 19 heavy (non-hydrogen) atoms. The van der Waals surface area contributed by atoms with Crippen LogP contribution in [0.4, 0.5) is 11.4 Å². The standard InChI is InChI=1S/C12H16Cl2N2O3/c1-2-5-19-6-3-4-15-12-10(13)7-9(16(17)18)8-11(12)14/h7-8,15H,2-6H2,1H3. The van der Waals surface area contributed by atoms with E-state index in [1.165, 1.54) is 12.1 Å². The van der Waals surface area contributed by atoms with Crippen LogP contribution in [0, 0.1) is 10.1 Å². The summed E-state index contributed by atoms with van der Waals surface area (Å²) in [5.74, 6) is 0. The molecule has 1 aromatic rings. The smallest absolute Gasteiger partial charge is 0.272 e. The normalized spacial score (nSPS) is 10.5. The van der Waals surface area contributed by atoms with Gasteiger partial charge in [0.15, 0.2) is 0 Å². The van der Waals surface area contributed by atoms with Gasteiger partial charge in [-0.1, -0.05) is 30.1 Å². The Bertz CT molecular complexity index is 418. The highest BCUT2D eigenvalue weighted by atomic mass is 35.5. The van der Waals surface area contributed by atoms with Gasteiger partial charge in [0, 0.05) is 31.9 Å². The number of non-ortho nitro benzene ring substituents is 1. The summed E-state index contributed by atoms with van der Waals surface area (Å²) in [4.78, 5) is 10.1. The van der Waals surface area contributed by atoms with E-state index in [1.54, 1.807) is 0 Å². The molecule has 0 fully saturated rings. The molecule has 0 unspecified atom stereocenters. The van der Waals surface area contributed by atoms with Crippen molar-refractivity contribution >= 4 is 34.6 Å². The zero-order valence-corrected chi connectivity index (χ0v) is 12.1. The predicted octanol–water partition coefficient (Wildman–Crippen LogP) is 4.13. The molecule has 0 atom stereocenters. The predicted molar refractivity (Wildman–Crippen MR) is 77.3 cm³/mol. The summed E-state index contributed by atoms with van der Waals surface area (Å²) in [5, 5.41) is 14.2. The first-order valence-electron chi connectivity index (χ1n) is 6.01. The fourth-order valence-electron chi connectivity index (χ4n) is 1.47. The average molecular weight is 307 g/mol. The van der Waals surface area contributed by atoms with E-state index in [1.807, 2.05) is 0 Å². The van der Waals surface area contributed by atoms with Crippen molar-refractivity contribution < 1.29 is 9.66 Å². The molecule has 1 aromatic carbocycles. The van der Waals surface area contributed by atoms with Crippen molar-refractivity contribution in [2.75, 3.05) is 25.1 Å². The maximum atomic E-state index is 10.6. The van der Waals surface area contributed by atoms with Crippen molar-refractivity contribution in [2.45, 2.75) is 19.8 Å². The van der Waals surface area contributed by atoms with Gasteiger partial charge in [0.1, 0.15) is 0 Å². The Morgan fingerprint density at radius 2 is 1.95 bits per heavy atom. The Kier molecular flexibility index (Phi) is 6.91. The largest absolute Gasteiger partial charge is 0.383 e. The van der Waals surface area contributed by atoms with E-state index in [0.29, 0.717) is 18.8 Å². The molecule has 0 amide bonds. The lowest BCUT2D eigenvalue weighted by molar-refractivity contribution is -0.384. The van der Waals surface area contributed by atoms with Gasteiger partial charge in [-0.3, -0.25) is 10.1 Å². The minimum absolute atomic E-state index is 0.119. The summed E-state index contributed by atoms with van der Waals surface area (Å²) in [7, 11) is 0. The zero-order chi connectivity index (χ0) is 14.3. The number of hydrogen-bond acceptors (Lipinski definition) is 4. The van der Waals surface area contributed by atoms with Gasteiger partial charge in [-0.2, -0.15) is 0 Å². The molecule has 0 saturated heterocycles. The summed E-state index contributed by atoms with van der Waals surface area (Å²) in [6, 6.07) is 2.56. The third-order valence-corrected chi connectivity index (χ3v) is 2.95. The molecule has 0 aliphatic carbocycles. The Balaban J connectivity index is 2.52. The van der Waals surface area contributed by atoms with E-state index in [4.69, 9.17) is 27.9 Å². The van der Waals surface area contributed by atoms with Gasteiger partial charge >= 0.3 is 0 Å². The fraction of sp³-hybridized carbons (Fsp3) is 0.500. The Morgan fingerprint density at radius 3 is 2.47 bits per heavy atom. The summed E-state index contributed by atoms with van der Waals surface area (Å²) in [5.41, 5.74) is 0.399. The second-order valence-electron chi connectivity index (χ2n) is 3.93. The molecule has 0 heterocycles. The number of rotatable bonds is 8. The second-order valence-corrected chi connectivity index (χ2v) is 4.75. The molecular formula is C12H16Cl2N2O3. The number of anilines is 1. The SMILES string of the molecule is CCCOCCCNc1c(Cl)cc([N+](=O)[O-])cc1Cl. The lowest BCUT2D eigenvalue weighted by Crippen LogP contribution is -2.07. The van der Waals surface area contributed by atoms with Crippen LogP contribution in [0.3, 0.4) is 0 Å². The van der Waals surface area contributed by atoms with Gasteiger partial charge in [0.25, 0.3) is 5.69 Å². The molecule has 0 radical (unpaired) electrons. The van der Waals surface area contributed by atoms with E-state index < -0.39 is 4.92 Å². The number of benzene rings is 1. The number of nitro groups is 1. The maximum Gasteiger partial charge on any atom is 0.272 e. The minimum atomic E-state index is -0.528. The number of nitrogens with zero attached hydrogens (tertiary/aromatic N) is 1. The van der Waals surface area contributed by atoms with Crippen LogP contribution in [0.15, 0.2) is 12.1 Å². The third-order valence-electron chi connectivity index (χ3n) is 2.35. The van der Waals surface area contributed by atoms with Crippen molar-refractivity contribution in [1.29, 1.82) is 0 Å². The van der Waals surface area contributed by atoms with E-state index in [2.05, 4.69) is 12.2 Å². The van der Waals surface area contributed by atoms with Crippen molar-refractivity contribution in [3.05, 3.63) is 32.3 Å². The summed E-state index contributed by atoms with van der Waals surface area (Å²) >= 11 is 11.9. The number of nitrogens with one attached hydrogen (secondary N) is 1. The highest BCUT2D eigenvalue weighted by Gasteiger charge is 2.14. The Hall–Kier alpha value is -1.04. The van der Waals surface area contributed by atoms with Gasteiger partial charge in [-0.25, -0.2) is 0 Å². The highest BCUT2D eigenvalue weighted by Crippen LogP contribution is 2.34. The molecule has 0 spiro atoms. The first kappa shape index (κ1) is 16.0. The summed E-state index contributed by atoms with van der Waals surface area (Å²) in [6.45, 7) is 4.09. The van der Waals surface area contributed by atoms with Gasteiger partial charge < -0.3 is 10.1 Å². The molecule has 1 N–H and O–H groups in total. The van der Waals surface area contributed by atoms with Gasteiger partial charge in [0.05, 0.1) is 20.7 Å². The molecule has 0 bridgehead atoms. The number of nitro benzene ring substituents is 1. The maximum absolute atomic E-state index is 10.6. The highest BCUT2D eigenvalue weighted by molar-refractivity contribution is 6.39. The quantitative estimate of drug-likeness (QED) is 0.445. The topological polar surface area (TPSA) is 64.4 Å². The van der Waals surface area contributed by atoms with Crippen LogP contribution in [-0.4, -0.2) is 24.7 Å². The Labute approximate surface area is 122 Å². The molecule has 0 saturated carbocycles. The number of halogens is 2. The van der Waals surface area contributed by atoms with E-state index in [9.17, 15) is 10.1 Å². The lowest BCUT2D eigenvalue weighted by atomic mass is 10.2. The van der Waals surface area contributed by atoms with Crippen molar-refractivity contribution in [2.24, 2.45) is 0 Å². The first-order valence-corrected chi connectivity index (χ1v) is 6.77. The van der Waals surface area contributed by atoms with E-state index in [-0.39, 0.29) is 15.7 Å². The van der Waals surface area contributed by atoms with Crippen LogP contribution in [0.5, 0.6) is 0 Å². The summed E-state index contributed by atoms with van der Waals surface area (Å²) in [6.07, 6.45) is 1.80. The van der Waals surface area contributed by atoms with Crippen molar-refractivity contribution in [1.82, 2.24) is 0 Å². The fourth-order valence-corrected chi connectivity index (χ4v) is 2.08. The minimum Gasteiger partial charge on any atom is -0.383 e. The molecule has 1 rings (SSSR count). The van der Waals surface area contributed by atoms with Crippen LogP contribution in [0.25, 0.3) is 0 Å². The molecule has 7 heteroatoms. The number of hydrogen-bond donors (Lipinski definition) is 1. The zero-order valence-electron chi connectivity index (χ0n) is 10.6. The van der Waals surface area contributed by atoms with Gasteiger partial charge in [-0.05, 0) is 12.8 Å². The van der Waals surface area contributed by atoms with Gasteiger partial charge in [0.2, 0.25) is 0 Å². The Morgan fingerprint density at radius 1 is 1.32 bits per heavy atom. The average Bonchev–Trinajstić information content (AvgIpc) is 2.35. The number of ether oxygens (including phenoxy) is 1. The molecule has 0 aliphatic rings. The first-order chi connectivity index (χ1) is 9.06. The van der Waals surface area contributed by atoms with Crippen LogP contribution in [0.2, 0.25) is 10.0 Å². The molecule has 0 aromatic heterocycles. The van der Waals surface area contributed by atoms with Crippen LogP contribution in [-0.2, 0) is 4.74 Å². The second kappa shape index (κ2) is 8.19. The monoisotopic (exact) mass is 306 g/mol. The van der Waals surface area contributed by atoms with Crippen LogP contribution in [0.1, 0.15) is 19.8 Å². The van der Waals surface area contributed by atoms with E-state index in [0.717, 1.165) is 19.4 Å². The van der Waals surface area contributed by atoms with Crippen molar-refractivity contribution in [3.63, 3.8) is 0 Å². The van der Waals surface area contributed by atoms with Crippen LogP contribution >= 0.6 is 23.2 Å². The molecular weight excluding hydrogens is 291 g/mol. The lowest BCUT2D eigenvalue weighted by Gasteiger charge is -2.10. The third kappa shape index (κ3) is 5.22. The van der Waals surface area contributed by atoms with Crippen molar-refractivity contribution in [3.8, 4) is 0 Å². The van der Waals surface area contributed by atoms with Gasteiger partial charge in [-0.15, -0.1) is 0 Å². The van der Waals surface area contributed by atoms with Crippen LogP contribution < -0.4 is 5.32 Å². The molecule has 5 nitrogen and oxygen atoms in total. The van der Waals surface area contributed by atoms with E-state index >= 15 is 0 Å². The molecule has 106 valence electrons. The summed E-state index contributed by atoms with van der Waals surface area (Å²) < 4.78 is 5.34. The molecule has 0 aliphatic heterocycles.